The second-order valence-electron chi connectivity index (χ2n) is 5.12. The number of pyridine rings is 1. The summed E-state index contributed by atoms with van der Waals surface area (Å²) in [5, 5.41) is 3.11. The maximum Gasteiger partial charge on any atom is 0.220 e. The molecule has 0 fully saturated rings. The summed E-state index contributed by atoms with van der Waals surface area (Å²) in [7, 11) is 0. The molecule has 1 atom stereocenters. The van der Waals surface area contributed by atoms with Crippen LogP contribution >= 0.6 is 0 Å². The van der Waals surface area contributed by atoms with E-state index >= 15 is 0 Å². The van der Waals surface area contributed by atoms with E-state index in [0.29, 0.717) is 6.42 Å². The Labute approximate surface area is 126 Å². The Hall–Kier alpha value is -2.16. The molecule has 1 unspecified atom stereocenters. The maximum atomic E-state index is 12.1. The number of nitrogens with zero attached hydrogens (tertiary/aromatic N) is 1. The molecule has 0 aliphatic carbocycles. The number of benzene rings is 1. The predicted octanol–water partition coefficient (Wildman–Crippen LogP) is 3.87. The molecule has 0 radical (unpaired) electrons. The topological polar surface area (TPSA) is 42.0 Å². The zero-order valence-electron chi connectivity index (χ0n) is 12.5. The van der Waals surface area contributed by atoms with Gasteiger partial charge in [-0.3, -0.25) is 9.78 Å². The first-order valence-electron chi connectivity index (χ1n) is 7.56. The number of carbonyl (C=O) groups excluding carboxylic acids is 1. The molecule has 110 valence electrons. The highest BCUT2D eigenvalue weighted by Crippen LogP contribution is 2.20. The van der Waals surface area contributed by atoms with Crippen molar-refractivity contribution >= 4 is 5.91 Å². The van der Waals surface area contributed by atoms with E-state index in [1.54, 1.807) is 6.20 Å². The Morgan fingerprint density at radius 3 is 2.52 bits per heavy atom. The van der Waals surface area contributed by atoms with Crippen LogP contribution in [0, 0.1) is 0 Å². The van der Waals surface area contributed by atoms with Gasteiger partial charge in [-0.05, 0) is 24.1 Å². The van der Waals surface area contributed by atoms with Crippen LogP contribution in [0.1, 0.15) is 49.9 Å². The smallest absolute Gasteiger partial charge is 0.220 e. The van der Waals surface area contributed by atoms with Gasteiger partial charge in [0.05, 0.1) is 11.7 Å². The Morgan fingerprint density at radius 2 is 1.86 bits per heavy atom. The number of hydrogen-bond donors (Lipinski definition) is 1. The largest absolute Gasteiger partial charge is 0.344 e. The molecule has 0 saturated carbocycles. The van der Waals surface area contributed by atoms with Crippen molar-refractivity contribution in [3.05, 3.63) is 66.0 Å². The van der Waals surface area contributed by atoms with Crippen molar-refractivity contribution in [2.75, 3.05) is 0 Å². The molecule has 1 N–H and O–H groups in total. The normalized spacial score (nSPS) is 11.9. The number of hydrogen-bond acceptors (Lipinski definition) is 2. The molecule has 1 amide bonds. The Bertz CT molecular complexity index is 500. The number of amides is 1. The fraction of sp³-hybridized carbons (Fsp3) is 0.333. The molecule has 21 heavy (non-hydrogen) atoms. The van der Waals surface area contributed by atoms with Crippen molar-refractivity contribution in [1.82, 2.24) is 10.3 Å². The summed E-state index contributed by atoms with van der Waals surface area (Å²) in [6.45, 7) is 2.14. The lowest BCUT2D eigenvalue weighted by molar-refractivity contribution is -0.121. The minimum Gasteiger partial charge on any atom is -0.344 e. The molecule has 3 nitrogen and oxygen atoms in total. The zero-order valence-corrected chi connectivity index (χ0v) is 12.5. The van der Waals surface area contributed by atoms with Crippen LogP contribution in [0.2, 0.25) is 0 Å². The molecule has 0 aliphatic rings. The van der Waals surface area contributed by atoms with E-state index in [9.17, 15) is 4.79 Å². The summed E-state index contributed by atoms with van der Waals surface area (Å²) < 4.78 is 0. The summed E-state index contributed by atoms with van der Waals surface area (Å²) in [6, 6.07) is 15.6. The first kappa shape index (κ1) is 15.2. The lowest BCUT2D eigenvalue weighted by Crippen LogP contribution is -2.29. The van der Waals surface area contributed by atoms with Crippen LogP contribution in [-0.4, -0.2) is 10.9 Å². The van der Waals surface area contributed by atoms with E-state index in [-0.39, 0.29) is 11.9 Å². The quantitative estimate of drug-likeness (QED) is 0.783. The second-order valence-corrected chi connectivity index (χ2v) is 5.12. The number of aromatic nitrogens is 1. The predicted molar refractivity (Wildman–Crippen MR) is 84.8 cm³/mol. The lowest BCUT2D eigenvalue weighted by Gasteiger charge is -2.18. The van der Waals surface area contributed by atoms with E-state index in [1.807, 2.05) is 48.5 Å². The van der Waals surface area contributed by atoms with Crippen molar-refractivity contribution in [1.29, 1.82) is 0 Å². The summed E-state index contributed by atoms with van der Waals surface area (Å²) in [6.07, 6.45) is 5.48. The van der Waals surface area contributed by atoms with Gasteiger partial charge < -0.3 is 5.32 Å². The molecule has 0 saturated heterocycles. The Balaban J connectivity index is 2.12. The van der Waals surface area contributed by atoms with Gasteiger partial charge in [-0.15, -0.1) is 0 Å². The average molecular weight is 282 g/mol. The van der Waals surface area contributed by atoms with Gasteiger partial charge >= 0.3 is 0 Å². The van der Waals surface area contributed by atoms with Crippen molar-refractivity contribution in [3.8, 4) is 0 Å². The fourth-order valence-corrected chi connectivity index (χ4v) is 2.29. The number of carbonyl (C=O) groups is 1. The first-order valence-corrected chi connectivity index (χ1v) is 7.56. The molecule has 1 aromatic carbocycles. The Kier molecular flexibility index (Phi) is 5.95. The zero-order chi connectivity index (χ0) is 14.9. The standard InChI is InChI=1S/C18H22N2O/c1-2-3-5-13-17(21)20-18(15-10-6-4-7-11-15)16-12-8-9-14-19-16/h4,6-12,14,18H,2-3,5,13H2,1H3,(H,20,21). The average Bonchev–Trinajstić information content (AvgIpc) is 2.54. The van der Waals surface area contributed by atoms with Crippen LogP contribution in [0.5, 0.6) is 0 Å². The van der Waals surface area contributed by atoms with E-state index in [0.717, 1.165) is 30.5 Å². The van der Waals surface area contributed by atoms with Gasteiger partial charge in [0, 0.05) is 12.6 Å². The van der Waals surface area contributed by atoms with E-state index < -0.39 is 0 Å². The number of unbranched alkanes of at least 4 members (excludes halogenated alkanes) is 2. The number of nitrogens with one attached hydrogen (secondary N) is 1. The second kappa shape index (κ2) is 8.20. The highest BCUT2D eigenvalue weighted by atomic mass is 16.1. The minimum atomic E-state index is -0.179. The third kappa shape index (κ3) is 4.71. The minimum absolute atomic E-state index is 0.0861. The molecular formula is C18H22N2O. The third-order valence-electron chi connectivity index (χ3n) is 3.43. The summed E-state index contributed by atoms with van der Waals surface area (Å²) >= 11 is 0. The van der Waals surface area contributed by atoms with Crippen LogP contribution in [-0.2, 0) is 4.79 Å². The van der Waals surface area contributed by atoms with Crippen LogP contribution < -0.4 is 5.32 Å². The lowest BCUT2D eigenvalue weighted by atomic mass is 10.0. The van der Waals surface area contributed by atoms with Crippen molar-refractivity contribution in [2.45, 2.75) is 38.6 Å². The molecule has 1 aromatic heterocycles. The van der Waals surface area contributed by atoms with Crippen molar-refractivity contribution in [3.63, 3.8) is 0 Å². The summed E-state index contributed by atoms with van der Waals surface area (Å²) in [5.41, 5.74) is 1.92. The molecule has 0 spiro atoms. The monoisotopic (exact) mass is 282 g/mol. The van der Waals surface area contributed by atoms with E-state index in [4.69, 9.17) is 0 Å². The molecule has 0 aliphatic heterocycles. The van der Waals surface area contributed by atoms with Crippen LogP contribution in [0.3, 0.4) is 0 Å². The maximum absolute atomic E-state index is 12.1. The Morgan fingerprint density at radius 1 is 1.10 bits per heavy atom. The number of rotatable bonds is 7. The summed E-state index contributed by atoms with van der Waals surface area (Å²) in [5.74, 6) is 0.0861. The van der Waals surface area contributed by atoms with Gasteiger partial charge in [-0.25, -0.2) is 0 Å². The molecule has 3 heteroatoms. The van der Waals surface area contributed by atoms with Gasteiger partial charge in [-0.1, -0.05) is 56.2 Å². The highest BCUT2D eigenvalue weighted by molar-refractivity contribution is 5.76. The van der Waals surface area contributed by atoms with Crippen LogP contribution in [0.15, 0.2) is 54.7 Å². The van der Waals surface area contributed by atoms with Gasteiger partial charge in [0.15, 0.2) is 0 Å². The SMILES string of the molecule is CCCCCC(=O)NC(c1ccccc1)c1ccccn1. The molecule has 2 aromatic rings. The van der Waals surface area contributed by atoms with Gasteiger partial charge in [-0.2, -0.15) is 0 Å². The van der Waals surface area contributed by atoms with E-state index in [2.05, 4.69) is 17.2 Å². The third-order valence-corrected chi connectivity index (χ3v) is 3.43. The van der Waals surface area contributed by atoms with E-state index in [1.165, 1.54) is 0 Å². The van der Waals surface area contributed by atoms with Crippen LogP contribution in [0.4, 0.5) is 0 Å². The van der Waals surface area contributed by atoms with Crippen molar-refractivity contribution in [2.24, 2.45) is 0 Å². The molecule has 0 bridgehead atoms. The van der Waals surface area contributed by atoms with Crippen molar-refractivity contribution < 1.29 is 4.79 Å². The van der Waals surface area contributed by atoms with Gasteiger partial charge in [0.1, 0.15) is 0 Å². The fourth-order valence-electron chi connectivity index (χ4n) is 2.29. The first-order chi connectivity index (χ1) is 10.3. The summed E-state index contributed by atoms with van der Waals surface area (Å²) in [4.78, 5) is 16.5. The molecular weight excluding hydrogens is 260 g/mol. The van der Waals surface area contributed by atoms with Gasteiger partial charge in [0.2, 0.25) is 5.91 Å². The molecule has 1 heterocycles. The highest BCUT2D eigenvalue weighted by Gasteiger charge is 2.17. The van der Waals surface area contributed by atoms with Crippen LogP contribution in [0.25, 0.3) is 0 Å². The molecule has 2 rings (SSSR count). The van der Waals surface area contributed by atoms with Gasteiger partial charge in [0.25, 0.3) is 0 Å².